The van der Waals surface area contributed by atoms with E-state index in [1.165, 1.54) is 4.88 Å². The highest BCUT2D eigenvalue weighted by Gasteiger charge is 2.41. The van der Waals surface area contributed by atoms with Gasteiger partial charge in [0.25, 0.3) is 0 Å². The van der Waals surface area contributed by atoms with Crippen LogP contribution in [0.1, 0.15) is 34.7 Å². The van der Waals surface area contributed by atoms with Crippen LogP contribution in [-0.4, -0.2) is 10.7 Å². The van der Waals surface area contributed by atoms with Gasteiger partial charge < -0.3 is 4.74 Å². The topological polar surface area (TPSA) is 24.8 Å². The number of hydrazone groups is 1. The fraction of sp³-hybridized carbons (Fsp3) is 0.150. The molecule has 0 radical (unpaired) electrons. The van der Waals surface area contributed by atoms with Crippen molar-refractivity contribution in [3.63, 3.8) is 0 Å². The molecule has 2 aliphatic heterocycles. The van der Waals surface area contributed by atoms with E-state index in [2.05, 4.69) is 23.6 Å². The Kier molecular flexibility index (Phi) is 3.92. The van der Waals surface area contributed by atoms with Crippen molar-refractivity contribution in [1.82, 2.24) is 5.01 Å². The second-order valence-corrected chi connectivity index (χ2v) is 8.09. The molecule has 130 valence electrons. The van der Waals surface area contributed by atoms with Crippen molar-refractivity contribution in [1.29, 1.82) is 0 Å². The van der Waals surface area contributed by atoms with Gasteiger partial charge in [0.1, 0.15) is 5.75 Å². The first-order chi connectivity index (χ1) is 12.7. The van der Waals surface area contributed by atoms with Crippen LogP contribution in [0.2, 0.25) is 10.0 Å². The summed E-state index contributed by atoms with van der Waals surface area (Å²) in [5, 5.41) is 10.2. The first kappa shape index (κ1) is 16.2. The third-order valence-corrected chi connectivity index (χ3v) is 6.21. The number of benzene rings is 2. The first-order valence-electron chi connectivity index (χ1n) is 8.31. The van der Waals surface area contributed by atoms with Crippen LogP contribution in [-0.2, 0) is 0 Å². The molecular formula is C20H14Cl2N2OS. The molecule has 0 amide bonds. The molecule has 6 heteroatoms. The minimum absolute atomic E-state index is 0.133. The van der Waals surface area contributed by atoms with Gasteiger partial charge in [0.05, 0.1) is 21.7 Å². The number of hydrogen-bond acceptors (Lipinski definition) is 4. The SMILES string of the molecule is Clc1ccc([C@H]2Oc3ccccc3[C@@H]3CC(c4cccs4)=NN23)c(Cl)c1. The van der Waals surface area contributed by atoms with Crippen molar-refractivity contribution in [2.24, 2.45) is 5.10 Å². The molecule has 1 aromatic heterocycles. The lowest BCUT2D eigenvalue weighted by Gasteiger charge is -2.38. The van der Waals surface area contributed by atoms with E-state index in [0.29, 0.717) is 10.0 Å². The van der Waals surface area contributed by atoms with E-state index >= 15 is 0 Å². The number of ether oxygens (including phenoxy) is 1. The van der Waals surface area contributed by atoms with Crippen molar-refractivity contribution < 1.29 is 4.74 Å². The number of nitrogens with zero attached hydrogens (tertiary/aromatic N) is 2. The average Bonchev–Trinajstić information content (AvgIpc) is 3.31. The minimum Gasteiger partial charge on any atom is -0.464 e. The summed E-state index contributed by atoms with van der Waals surface area (Å²) in [6.45, 7) is 0. The Morgan fingerprint density at radius 3 is 2.73 bits per heavy atom. The fourth-order valence-corrected chi connectivity index (χ4v) is 4.76. The summed E-state index contributed by atoms with van der Waals surface area (Å²) in [5.41, 5.74) is 3.11. The monoisotopic (exact) mass is 400 g/mol. The maximum atomic E-state index is 6.48. The smallest absolute Gasteiger partial charge is 0.215 e. The first-order valence-corrected chi connectivity index (χ1v) is 9.94. The zero-order valence-electron chi connectivity index (χ0n) is 13.6. The Hall–Kier alpha value is -2.01. The molecule has 0 unspecified atom stereocenters. The number of thiophene rings is 1. The maximum absolute atomic E-state index is 6.48. The molecule has 0 spiro atoms. The Labute approximate surface area is 165 Å². The lowest BCUT2D eigenvalue weighted by atomic mass is 9.98. The van der Waals surface area contributed by atoms with Gasteiger partial charge in [-0.25, -0.2) is 5.01 Å². The largest absolute Gasteiger partial charge is 0.464 e. The van der Waals surface area contributed by atoms with Crippen LogP contribution in [0.4, 0.5) is 0 Å². The molecule has 0 saturated carbocycles. The summed E-state index contributed by atoms with van der Waals surface area (Å²) in [6, 6.07) is 17.9. The Morgan fingerprint density at radius 2 is 1.92 bits per heavy atom. The standard InChI is InChI=1S/C20H14Cl2N2OS/c21-12-7-8-13(15(22)10-12)20-24-17(14-4-1-2-5-18(14)25-20)11-16(23-24)19-6-3-9-26-19/h1-10,17,20H,11H2/t17-,20+/m0/s1. The third-order valence-electron chi connectivity index (χ3n) is 4.73. The summed E-state index contributed by atoms with van der Waals surface area (Å²) in [7, 11) is 0. The van der Waals surface area contributed by atoms with E-state index in [0.717, 1.165) is 29.0 Å². The molecule has 0 N–H and O–H groups in total. The van der Waals surface area contributed by atoms with Crippen molar-refractivity contribution in [2.45, 2.75) is 18.7 Å². The lowest BCUT2D eigenvalue weighted by Crippen LogP contribution is -2.33. The average molecular weight is 401 g/mol. The Balaban J connectivity index is 1.63. The van der Waals surface area contributed by atoms with Crippen molar-refractivity contribution in [3.8, 4) is 5.75 Å². The number of rotatable bonds is 2. The highest BCUT2D eigenvalue weighted by molar-refractivity contribution is 7.12. The van der Waals surface area contributed by atoms with Gasteiger partial charge in [-0.3, -0.25) is 0 Å². The van der Waals surface area contributed by atoms with Crippen LogP contribution >= 0.6 is 34.5 Å². The normalized spacial score (nSPS) is 21.0. The summed E-state index contributed by atoms with van der Waals surface area (Å²) in [6.07, 6.45) is 0.472. The van der Waals surface area contributed by atoms with Gasteiger partial charge in [-0.2, -0.15) is 5.10 Å². The maximum Gasteiger partial charge on any atom is 0.215 e. The molecule has 5 rings (SSSR count). The number of para-hydroxylation sites is 1. The molecular weight excluding hydrogens is 387 g/mol. The second-order valence-electron chi connectivity index (χ2n) is 6.30. The van der Waals surface area contributed by atoms with Crippen LogP contribution in [0.15, 0.2) is 65.1 Å². The molecule has 26 heavy (non-hydrogen) atoms. The van der Waals surface area contributed by atoms with E-state index in [1.807, 2.05) is 35.3 Å². The molecule has 0 aliphatic carbocycles. The quantitative estimate of drug-likeness (QED) is 0.504. The molecule has 0 saturated heterocycles. The van der Waals surface area contributed by atoms with Gasteiger partial charge in [-0.05, 0) is 29.6 Å². The van der Waals surface area contributed by atoms with Gasteiger partial charge in [0, 0.05) is 22.6 Å². The third kappa shape index (κ3) is 2.60. The van der Waals surface area contributed by atoms with E-state index in [-0.39, 0.29) is 12.3 Å². The molecule has 3 nitrogen and oxygen atoms in total. The molecule has 0 bridgehead atoms. The lowest BCUT2D eigenvalue weighted by molar-refractivity contribution is -0.0189. The van der Waals surface area contributed by atoms with Gasteiger partial charge in [0.15, 0.2) is 0 Å². The second kappa shape index (κ2) is 6.31. The van der Waals surface area contributed by atoms with Gasteiger partial charge in [-0.15, -0.1) is 11.3 Å². The summed E-state index contributed by atoms with van der Waals surface area (Å²) in [4.78, 5) is 1.19. The van der Waals surface area contributed by atoms with Gasteiger partial charge in [0.2, 0.25) is 6.23 Å². The van der Waals surface area contributed by atoms with E-state index in [1.54, 1.807) is 17.4 Å². The fourth-order valence-electron chi connectivity index (χ4n) is 3.53. The highest BCUT2D eigenvalue weighted by atomic mass is 35.5. The molecule has 0 fully saturated rings. The predicted molar refractivity (Wildman–Crippen MR) is 106 cm³/mol. The van der Waals surface area contributed by atoms with Crippen LogP contribution in [0, 0.1) is 0 Å². The molecule has 2 atom stereocenters. The van der Waals surface area contributed by atoms with Gasteiger partial charge >= 0.3 is 0 Å². The van der Waals surface area contributed by atoms with Crippen molar-refractivity contribution in [2.75, 3.05) is 0 Å². The zero-order chi connectivity index (χ0) is 17.7. The highest BCUT2D eigenvalue weighted by Crippen LogP contribution is 2.48. The van der Waals surface area contributed by atoms with E-state index in [9.17, 15) is 0 Å². The van der Waals surface area contributed by atoms with E-state index < -0.39 is 0 Å². The molecule has 3 aromatic rings. The molecule has 2 aromatic carbocycles. The molecule has 2 aliphatic rings. The van der Waals surface area contributed by atoms with Crippen molar-refractivity contribution >= 4 is 40.3 Å². The summed E-state index contributed by atoms with van der Waals surface area (Å²) >= 11 is 14.3. The van der Waals surface area contributed by atoms with Crippen LogP contribution < -0.4 is 4.74 Å². The predicted octanol–water partition coefficient (Wildman–Crippen LogP) is 6.30. The van der Waals surface area contributed by atoms with E-state index in [4.69, 9.17) is 33.0 Å². The minimum atomic E-state index is -0.378. The molecule has 3 heterocycles. The zero-order valence-corrected chi connectivity index (χ0v) is 15.9. The summed E-state index contributed by atoms with van der Waals surface area (Å²) in [5.74, 6) is 0.882. The number of hydrogen-bond donors (Lipinski definition) is 0. The Morgan fingerprint density at radius 1 is 1.04 bits per heavy atom. The van der Waals surface area contributed by atoms with Crippen molar-refractivity contribution in [3.05, 3.63) is 86.0 Å². The summed E-state index contributed by atoms with van der Waals surface area (Å²) < 4.78 is 6.31. The Bertz CT molecular complexity index is 1000. The van der Waals surface area contributed by atoms with Crippen LogP contribution in [0.25, 0.3) is 0 Å². The van der Waals surface area contributed by atoms with Crippen LogP contribution in [0.3, 0.4) is 0 Å². The van der Waals surface area contributed by atoms with Gasteiger partial charge in [-0.1, -0.05) is 53.5 Å². The van der Waals surface area contributed by atoms with Crippen LogP contribution in [0.5, 0.6) is 5.75 Å². The number of fused-ring (bicyclic) bond motifs is 3. The number of halogens is 2.